The van der Waals surface area contributed by atoms with Crippen molar-refractivity contribution in [2.45, 2.75) is 61.6 Å². The molecule has 1 aliphatic carbocycles. The number of aliphatic hydroxyl groups excluding tert-OH is 1. The van der Waals surface area contributed by atoms with Crippen molar-refractivity contribution in [3.8, 4) is 0 Å². The van der Waals surface area contributed by atoms with E-state index in [2.05, 4.69) is 19.9 Å². The Morgan fingerprint density at radius 3 is 2.77 bits per heavy atom. The van der Waals surface area contributed by atoms with Gasteiger partial charge >= 0.3 is 0 Å². The molecule has 170 valence electrons. The normalized spacial score (nSPS) is 25.3. The molecule has 2 fully saturated rings. The first-order valence-corrected chi connectivity index (χ1v) is 13.2. The van der Waals surface area contributed by atoms with Crippen molar-refractivity contribution in [1.82, 2.24) is 9.88 Å². The highest BCUT2D eigenvalue weighted by Gasteiger charge is 2.33. The number of nitrogens with one attached hydrogen (secondary N) is 2. The summed E-state index contributed by atoms with van der Waals surface area (Å²) in [4.78, 5) is 5.67. The Morgan fingerprint density at radius 1 is 1.23 bits per heavy atom. The van der Waals surface area contributed by atoms with E-state index in [1.54, 1.807) is 5.38 Å². The van der Waals surface area contributed by atoms with Crippen LogP contribution in [0.15, 0.2) is 28.6 Å². The topological polar surface area (TPSA) is 94.6 Å². The zero-order valence-electron chi connectivity index (χ0n) is 16.9. The van der Waals surface area contributed by atoms with Gasteiger partial charge in [0, 0.05) is 30.2 Å². The molecule has 11 heteroatoms. The van der Waals surface area contributed by atoms with Gasteiger partial charge in [0.25, 0.3) is 10.0 Å². The van der Waals surface area contributed by atoms with Gasteiger partial charge in [-0.25, -0.2) is 17.8 Å². The molecule has 1 saturated carbocycles. The smallest absolute Gasteiger partial charge is 0.266 e. The SMILES string of the molecule is O=S(=O)(Nc1nccs1)c1cc(Cl)c(N[C@H]2CCCC[C@@H]2N2CCC[C@H](O)C2)cc1F. The van der Waals surface area contributed by atoms with Gasteiger partial charge in [-0.15, -0.1) is 11.3 Å². The van der Waals surface area contributed by atoms with E-state index in [0.29, 0.717) is 12.2 Å². The summed E-state index contributed by atoms with van der Waals surface area (Å²) in [5, 5.41) is 15.3. The van der Waals surface area contributed by atoms with E-state index in [4.69, 9.17) is 11.6 Å². The zero-order chi connectivity index (χ0) is 22.0. The van der Waals surface area contributed by atoms with Crippen LogP contribution in [0.25, 0.3) is 0 Å². The quantitative estimate of drug-likeness (QED) is 0.570. The fourth-order valence-corrected chi connectivity index (χ4v) is 6.65. The van der Waals surface area contributed by atoms with Crippen LogP contribution < -0.4 is 10.0 Å². The van der Waals surface area contributed by atoms with E-state index in [9.17, 15) is 17.9 Å². The molecular weight excluding hydrogens is 463 g/mol. The molecule has 2 aliphatic rings. The second-order valence-corrected chi connectivity index (χ2v) is 11.1. The van der Waals surface area contributed by atoms with Crippen molar-refractivity contribution in [2.24, 2.45) is 0 Å². The summed E-state index contributed by atoms with van der Waals surface area (Å²) in [6.45, 7) is 1.58. The number of benzene rings is 1. The molecule has 3 N–H and O–H groups in total. The predicted molar refractivity (Wildman–Crippen MR) is 121 cm³/mol. The van der Waals surface area contributed by atoms with Gasteiger partial charge in [0.05, 0.1) is 16.8 Å². The number of piperidine rings is 1. The Hall–Kier alpha value is -1.46. The molecule has 3 atom stereocenters. The molecule has 1 saturated heterocycles. The maximum Gasteiger partial charge on any atom is 0.266 e. The Bertz CT molecular complexity index is 1010. The van der Waals surface area contributed by atoms with E-state index in [-0.39, 0.29) is 28.3 Å². The van der Waals surface area contributed by atoms with Crippen molar-refractivity contribution in [2.75, 3.05) is 23.1 Å². The molecule has 0 radical (unpaired) electrons. The number of aromatic nitrogens is 1. The van der Waals surface area contributed by atoms with E-state index in [0.717, 1.165) is 68.5 Å². The van der Waals surface area contributed by atoms with E-state index >= 15 is 0 Å². The number of nitrogens with zero attached hydrogens (tertiary/aromatic N) is 2. The van der Waals surface area contributed by atoms with Crippen molar-refractivity contribution >= 4 is 43.8 Å². The largest absolute Gasteiger partial charge is 0.392 e. The molecule has 1 aromatic heterocycles. The van der Waals surface area contributed by atoms with Gasteiger partial charge in [-0.2, -0.15) is 0 Å². The second-order valence-electron chi connectivity index (χ2n) is 8.10. The fraction of sp³-hybridized carbons (Fsp3) is 0.550. The molecule has 2 heterocycles. The van der Waals surface area contributed by atoms with Crippen LogP contribution in [0.3, 0.4) is 0 Å². The Kier molecular flexibility index (Phi) is 7.02. The first kappa shape index (κ1) is 22.7. The molecule has 0 spiro atoms. The van der Waals surface area contributed by atoms with Crippen LogP contribution in [0.2, 0.25) is 5.02 Å². The zero-order valence-corrected chi connectivity index (χ0v) is 19.3. The molecular formula is C20H26ClFN4O3S2. The molecule has 1 aliphatic heterocycles. The molecule has 2 aromatic rings. The third-order valence-electron chi connectivity index (χ3n) is 5.93. The lowest BCUT2D eigenvalue weighted by atomic mass is 9.87. The third-order valence-corrected chi connectivity index (χ3v) is 8.42. The van der Waals surface area contributed by atoms with Gasteiger partial charge in [-0.3, -0.25) is 9.62 Å². The average Bonchev–Trinajstić information content (AvgIpc) is 3.23. The standard InChI is InChI=1S/C20H26ClFN4O3S2/c21-14-10-19(31(28,29)25-20-23-7-9-30-20)15(22)11-17(14)24-16-5-1-2-6-18(16)26-8-3-4-13(27)12-26/h7,9-11,13,16,18,24,27H,1-6,8,12H2,(H,23,25)/t13-,16-,18-/m0/s1. The van der Waals surface area contributed by atoms with Crippen LogP contribution >= 0.6 is 22.9 Å². The first-order chi connectivity index (χ1) is 14.8. The minimum absolute atomic E-state index is 0.0480. The summed E-state index contributed by atoms with van der Waals surface area (Å²) in [6.07, 6.45) is 6.98. The summed E-state index contributed by atoms with van der Waals surface area (Å²) < 4.78 is 42.2. The summed E-state index contributed by atoms with van der Waals surface area (Å²) >= 11 is 7.48. The second kappa shape index (κ2) is 9.58. The summed E-state index contributed by atoms with van der Waals surface area (Å²) in [6, 6.07) is 2.55. The molecule has 4 rings (SSSR count). The predicted octanol–water partition coefficient (Wildman–Crippen LogP) is 3.92. The number of rotatable bonds is 6. The Balaban J connectivity index is 1.53. The highest BCUT2D eigenvalue weighted by Crippen LogP contribution is 2.33. The van der Waals surface area contributed by atoms with Crippen LogP contribution in [-0.4, -0.2) is 54.7 Å². The number of β-amino-alcohol motifs (C(OH)–C–C–N with tert-alkyl or cyclic N) is 1. The molecule has 31 heavy (non-hydrogen) atoms. The van der Waals surface area contributed by atoms with Gasteiger partial charge < -0.3 is 10.4 Å². The lowest BCUT2D eigenvalue weighted by Crippen LogP contribution is -2.53. The van der Waals surface area contributed by atoms with Crippen LogP contribution in [-0.2, 0) is 10.0 Å². The highest BCUT2D eigenvalue weighted by atomic mass is 35.5. The van der Waals surface area contributed by atoms with E-state index < -0.39 is 20.7 Å². The van der Waals surface area contributed by atoms with Crippen molar-refractivity contribution in [3.63, 3.8) is 0 Å². The minimum atomic E-state index is -4.15. The number of hydrogen-bond acceptors (Lipinski definition) is 7. The number of hydrogen-bond donors (Lipinski definition) is 3. The summed E-state index contributed by atoms with van der Waals surface area (Å²) in [5.74, 6) is -0.878. The Labute approximate surface area is 190 Å². The van der Waals surface area contributed by atoms with Crippen molar-refractivity contribution < 1.29 is 17.9 Å². The van der Waals surface area contributed by atoms with E-state index in [1.165, 1.54) is 6.20 Å². The number of thiazole rings is 1. The van der Waals surface area contributed by atoms with Crippen LogP contribution in [0, 0.1) is 5.82 Å². The highest BCUT2D eigenvalue weighted by molar-refractivity contribution is 7.93. The maximum absolute atomic E-state index is 14.8. The molecule has 0 amide bonds. The van der Waals surface area contributed by atoms with Crippen LogP contribution in [0.4, 0.5) is 15.2 Å². The van der Waals surface area contributed by atoms with Gasteiger partial charge in [-0.05, 0) is 44.4 Å². The van der Waals surface area contributed by atoms with Crippen molar-refractivity contribution in [3.05, 3.63) is 34.5 Å². The number of anilines is 2. The van der Waals surface area contributed by atoms with Gasteiger partial charge in [0.15, 0.2) is 5.13 Å². The fourth-order valence-electron chi connectivity index (χ4n) is 4.49. The minimum Gasteiger partial charge on any atom is -0.392 e. The number of halogens is 2. The third kappa shape index (κ3) is 5.31. The lowest BCUT2D eigenvalue weighted by molar-refractivity contribution is 0.0324. The van der Waals surface area contributed by atoms with Gasteiger partial charge in [-0.1, -0.05) is 24.4 Å². The average molecular weight is 489 g/mol. The summed E-state index contributed by atoms with van der Waals surface area (Å²) in [7, 11) is -4.15. The molecule has 1 aromatic carbocycles. The van der Waals surface area contributed by atoms with E-state index in [1.807, 2.05) is 0 Å². The molecule has 0 unspecified atom stereocenters. The Morgan fingerprint density at radius 2 is 2.03 bits per heavy atom. The lowest BCUT2D eigenvalue weighted by Gasteiger charge is -2.43. The maximum atomic E-state index is 14.8. The number of likely N-dealkylation sites (tertiary alicyclic amines) is 1. The van der Waals surface area contributed by atoms with Crippen LogP contribution in [0.5, 0.6) is 0 Å². The summed E-state index contributed by atoms with van der Waals surface area (Å²) in [5.41, 5.74) is 0.377. The first-order valence-electron chi connectivity index (χ1n) is 10.4. The number of sulfonamides is 1. The van der Waals surface area contributed by atoms with Gasteiger partial charge in [0.2, 0.25) is 0 Å². The molecule has 0 bridgehead atoms. The molecule has 7 nitrogen and oxygen atoms in total. The van der Waals surface area contributed by atoms with Crippen LogP contribution in [0.1, 0.15) is 38.5 Å². The van der Waals surface area contributed by atoms with Crippen molar-refractivity contribution in [1.29, 1.82) is 0 Å². The van der Waals surface area contributed by atoms with Gasteiger partial charge in [0.1, 0.15) is 10.7 Å². The number of aliphatic hydroxyl groups is 1. The monoisotopic (exact) mass is 488 g/mol.